The van der Waals surface area contributed by atoms with Gasteiger partial charge < -0.3 is 4.74 Å². The molecule has 0 N–H and O–H groups in total. The zero-order chi connectivity index (χ0) is 16.0. The lowest BCUT2D eigenvalue weighted by molar-refractivity contribution is -0.384. The minimum Gasteiger partial charge on any atom is -0.462 e. The second kappa shape index (κ2) is 5.32. The number of non-ortho nitro benzene ring substituents is 1. The van der Waals surface area contributed by atoms with Gasteiger partial charge in [-0.3, -0.25) is 10.1 Å². The third kappa shape index (κ3) is 2.73. The second-order valence-corrected chi connectivity index (χ2v) is 7.80. The van der Waals surface area contributed by atoms with Crippen molar-refractivity contribution < 1.29 is 14.5 Å². The normalized spacial score (nSPS) is 34.3. The van der Waals surface area contributed by atoms with Gasteiger partial charge >= 0.3 is 5.97 Å². The van der Waals surface area contributed by atoms with E-state index in [2.05, 4.69) is 0 Å². The average Bonchev–Trinajstić information content (AvgIpc) is 2.51. The topological polar surface area (TPSA) is 69.4 Å². The van der Waals surface area contributed by atoms with Crippen molar-refractivity contribution >= 4 is 11.7 Å². The van der Waals surface area contributed by atoms with Crippen LogP contribution in [0.3, 0.4) is 0 Å². The molecule has 1 aromatic carbocycles. The molecular weight excluding hydrogens is 294 g/mol. The first-order valence-electron chi connectivity index (χ1n) is 8.45. The summed E-state index contributed by atoms with van der Waals surface area (Å²) in [5, 5.41) is 10.8. The molecule has 0 aromatic heterocycles. The van der Waals surface area contributed by atoms with Gasteiger partial charge in [0, 0.05) is 17.5 Å². The van der Waals surface area contributed by atoms with E-state index in [9.17, 15) is 14.9 Å². The first-order valence-corrected chi connectivity index (χ1v) is 8.45. The quantitative estimate of drug-likeness (QED) is 0.479. The van der Waals surface area contributed by atoms with Crippen LogP contribution in [0, 0.1) is 33.3 Å². The Balaban J connectivity index is 1.44. The number of benzene rings is 1. The summed E-state index contributed by atoms with van der Waals surface area (Å²) in [4.78, 5) is 22.6. The highest BCUT2D eigenvalue weighted by molar-refractivity contribution is 5.90. The number of rotatable bonds is 4. The van der Waals surface area contributed by atoms with Crippen molar-refractivity contribution in [1.82, 2.24) is 0 Å². The van der Waals surface area contributed by atoms with Crippen molar-refractivity contribution in [3.8, 4) is 0 Å². The van der Waals surface area contributed by atoms with E-state index < -0.39 is 10.9 Å². The molecule has 4 aliphatic rings. The molecule has 1 aromatic rings. The lowest BCUT2D eigenvalue weighted by Crippen LogP contribution is -2.48. The Labute approximate surface area is 135 Å². The monoisotopic (exact) mass is 315 g/mol. The van der Waals surface area contributed by atoms with Crippen LogP contribution in [0.15, 0.2) is 24.3 Å². The maximum atomic E-state index is 12.3. The Morgan fingerprint density at radius 2 is 1.78 bits per heavy atom. The van der Waals surface area contributed by atoms with E-state index in [1.807, 2.05) is 0 Å². The third-order valence-electron chi connectivity index (χ3n) is 5.97. The Morgan fingerprint density at radius 1 is 1.17 bits per heavy atom. The molecule has 0 spiro atoms. The van der Waals surface area contributed by atoms with Gasteiger partial charge in [-0.25, -0.2) is 4.79 Å². The van der Waals surface area contributed by atoms with Crippen molar-refractivity contribution in [3.05, 3.63) is 39.9 Å². The summed E-state index contributed by atoms with van der Waals surface area (Å²) in [6, 6.07) is 5.78. The Bertz CT molecular complexity index is 619. The molecule has 0 aliphatic heterocycles. The van der Waals surface area contributed by atoms with Gasteiger partial charge in [-0.05, 0) is 62.3 Å². The summed E-state index contributed by atoms with van der Waals surface area (Å²) in [6.45, 7) is 0.470. The van der Waals surface area contributed by atoms with Gasteiger partial charge in [-0.2, -0.15) is 0 Å². The van der Waals surface area contributed by atoms with E-state index in [0.717, 1.165) is 17.8 Å². The molecule has 5 heteroatoms. The average molecular weight is 315 g/mol. The third-order valence-corrected chi connectivity index (χ3v) is 5.97. The zero-order valence-corrected chi connectivity index (χ0v) is 13.1. The van der Waals surface area contributed by atoms with Crippen molar-refractivity contribution in [2.45, 2.75) is 38.5 Å². The molecule has 0 radical (unpaired) electrons. The van der Waals surface area contributed by atoms with Crippen LogP contribution in [-0.2, 0) is 4.74 Å². The number of esters is 1. The second-order valence-electron chi connectivity index (χ2n) is 7.80. The fourth-order valence-corrected chi connectivity index (χ4v) is 5.52. The van der Waals surface area contributed by atoms with Crippen LogP contribution in [0.1, 0.15) is 48.9 Å². The molecule has 0 heterocycles. The summed E-state index contributed by atoms with van der Waals surface area (Å²) < 4.78 is 5.59. The molecule has 4 fully saturated rings. The van der Waals surface area contributed by atoms with Gasteiger partial charge in [0.2, 0.25) is 0 Å². The van der Waals surface area contributed by atoms with Crippen molar-refractivity contribution in [1.29, 1.82) is 0 Å². The zero-order valence-electron chi connectivity index (χ0n) is 13.1. The Kier molecular flexibility index (Phi) is 3.39. The fraction of sp³-hybridized carbons (Fsp3) is 0.611. The summed E-state index contributed by atoms with van der Waals surface area (Å²) in [7, 11) is 0. The van der Waals surface area contributed by atoms with Gasteiger partial charge in [0.25, 0.3) is 5.69 Å². The minimum absolute atomic E-state index is 0.0748. The van der Waals surface area contributed by atoms with Crippen LogP contribution in [0.5, 0.6) is 0 Å². The largest absolute Gasteiger partial charge is 0.462 e. The van der Waals surface area contributed by atoms with Gasteiger partial charge in [0.1, 0.15) is 0 Å². The highest BCUT2D eigenvalue weighted by Gasteiger charge is 2.51. The summed E-state index contributed by atoms with van der Waals surface area (Å²) >= 11 is 0. The lowest BCUT2D eigenvalue weighted by Gasteiger charge is -2.56. The molecule has 5 nitrogen and oxygen atoms in total. The fourth-order valence-electron chi connectivity index (χ4n) is 5.52. The predicted octanol–water partition coefficient (Wildman–Crippen LogP) is 3.97. The maximum Gasteiger partial charge on any atom is 0.338 e. The smallest absolute Gasteiger partial charge is 0.338 e. The van der Waals surface area contributed by atoms with Crippen molar-refractivity contribution in [3.63, 3.8) is 0 Å². The summed E-state index contributed by atoms with van der Waals surface area (Å²) in [5.74, 6) is 2.01. The number of hydrogen-bond donors (Lipinski definition) is 0. The molecule has 0 saturated heterocycles. The van der Waals surface area contributed by atoms with Gasteiger partial charge in [-0.15, -0.1) is 0 Å². The molecule has 122 valence electrons. The highest BCUT2D eigenvalue weighted by atomic mass is 16.6. The number of hydrogen-bond acceptors (Lipinski definition) is 4. The number of nitro benzene ring substituents is 1. The number of ether oxygens (including phenoxy) is 1. The highest BCUT2D eigenvalue weighted by Crippen LogP contribution is 2.60. The van der Waals surface area contributed by atoms with Crippen LogP contribution in [-0.4, -0.2) is 17.5 Å². The van der Waals surface area contributed by atoms with Crippen LogP contribution in [0.2, 0.25) is 0 Å². The number of carbonyl (C=O) groups excluding carboxylic acids is 1. The molecule has 4 bridgehead atoms. The molecular formula is C18H21NO4. The number of nitro groups is 1. The first kappa shape index (κ1) is 14.7. The summed E-state index contributed by atoms with van der Waals surface area (Å²) in [6.07, 6.45) is 7.62. The van der Waals surface area contributed by atoms with Gasteiger partial charge in [-0.1, -0.05) is 6.07 Å². The predicted molar refractivity (Wildman–Crippen MR) is 84.0 cm³/mol. The standard InChI is InChI=1S/C18H21NO4/c20-17(15-2-1-3-16(7-15)19(21)22)23-11-18-8-12-4-13(9-18)6-14(5-12)10-18/h1-3,7,12-14H,4-6,8-11H2. The minimum atomic E-state index is -0.490. The molecule has 5 rings (SSSR count). The van der Waals surface area contributed by atoms with Gasteiger partial charge in [0.05, 0.1) is 17.1 Å². The molecule has 0 unspecified atom stereocenters. The lowest BCUT2D eigenvalue weighted by atomic mass is 9.50. The van der Waals surface area contributed by atoms with E-state index in [-0.39, 0.29) is 16.7 Å². The number of nitrogens with zero attached hydrogens (tertiary/aromatic N) is 1. The first-order chi connectivity index (χ1) is 11.0. The van der Waals surface area contributed by atoms with Gasteiger partial charge in [0.15, 0.2) is 0 Å². The summed E-state index contributed by atoms with van der Waals surface area (Å²) in [5.41, 5.74) is 0.365. The van der Waals surface area contributed by atoms with E-state index in [1.54, 1.807) is 6.07 Å². The molecule has 23 heavy (non-hydrogen) atoms. The molecule has 0 atom stereocenters. The van der Waals surface area contributed by atoms with E-state index in [0.29, 0.717) is 6.61 Å². The van der Waals surface area contributed by atoms with Crippen molar-refractivity contribution in [2.24, 2.45) is 23.2 Å². The van der Waals surface area contributed by atoms with Crippen LogP contribution >= 0.6 is 0 Å². The molecule has 0 amide bonds. The Hall–Kier alpha value is -1.91. The maximum absolute atomic E-state index is 12.3. The van der Waals surface area contributed by atoms with Crippen molar-refractivity contribution in [2.75, 3.05) is 6.61 Å². The van der Waals surface area contributed by atoms with E-state index in [4.69, 9.17) is 4.74 Å². The number of carbonyl (C=O) groups is 1. The molecule has 4 saturated carbocycles. The van der Waals surface area contributed by atoms with Crippen LogP contribution < -0.4 is 0 Å². The SMILES string of the molecule is O=C(OCC12CC3CC(CC(C3)C1)C2)c1cccc([N+](=O)[O-])c1. The van der Waals surface area contributed by atoms with E-state index >= 15 is 0 Å². The Morgan fingerprint density at radius 3 is 2.35 bits per heavy atom. The van der Waals surface area contributed by atoms with Crippen LogP contribution in [0.4, 0.5) is 5.69 Å². The van der Waals surface area contributed by atoms with E-state index in [1.165, 1.54) is 56.7 Å². The molecule has 4 aliphatic carbocycles. The van der Waals surface area contributed by atoms with Crippen LogP contribution in [0.25, 0.3) is 0 Å².